The minimum Gasteiger partial charge on any atom is -0.496 e. The first kappa shape index (κ1) is 30.9. The Morgan fingerprint density at radius 3 is 2.70 bits per heavy atom. The van der Waals surface area contributed by atoms with Crippen LogP contribution in [0.25, 0.3) is 0 Å². The van der Waals surface area contributed by atoms with E-state index in [-0.39, 0.29) is 18.1 Å². The molecule has 230 valence electrons. The lowest BCUT2D eigenvalue weighted by Gasteiger charge is -2.33. The van der Waals surface area contributed by atoms with Crippen LogP contribution in [-0.2, 0) is 33.7 Å². The average Bonchev–Trinajstić information content (AvgIpc) is 3.46. The number of hydrogen-bond acceptors (Lipinski definition) is 7. The van der Waals surface area contributed by atoms with E-state index < -0.39 is 0 Å². The number of methoxy groups -OCH3 is 1. The Hall–Kier alpha value is -3.59. The van der Waals surface area contributed by atoms with E-state index in [2.05, 4.69) is 53.1 Å². The summed E-state index contributed by atoms with van der Waals surface area (Å²) in [7, 11) is 1.68. The maximum absolute atomic E-state index is 11.3. The SMILES string of the molecule is COc1ccccc1COCCCOc1ccc([C@H]2CCNC[C@@H]2OCC2Cc3cccc(CCNC(C)=O)c3O2)cc1. The number of rotatable bonds is 15. The molecule has 3 atom stereocenters. The van der Waals surface area contributed by atoms with E-state index in [4.69, 9.17) is 23.7 Å². The summed E-state index contributed by atoms with van der Waals surface area (Å²) in [6.07, 6.45) is 3.49. The van der Waals surface area contributed by atoms with Crippen molar-refractivity contribution in [3.63, 3.8) is 0 Å². The Morgan fingerprint density at radius 1 is 1.02 bits per heavy atom. The third-order valence-electron chi connectivity index (χ3n) is 8.06. The Morgan fingerprint density at radius 2 is 1.86 bits per heavy atom. The third kappa shape index (κ3) is 8.72. The quantitative estimate of drug-likeness (QED) is 0.246. The highest BCUT2D eigenvalue weighted by Gasteiger charge is 2.31. The highest BCUT2D eigenvalue weighted by atomic mass is 16.5. The summed E-state index contributed by atoms with van der Waals surface area (Å²) in [6.45, 7) is 6.23. The van der Waals surface area contributed by atoms with Crippen LogP contribution in [0.15, 0.2) is 66.7 Å². The molecule has 2 heterocycles. The standard InChI is InChI=1S/C35H44N2O6/c1-25(38)37-18-15-27-8-5-9-28-21-31(43-35(27)28)24-42-34-22-36-17-16-32(34)26-11-13-30(14-12-26)41-20-6-19-40-23-29-7-3-4-10-33(29)39-2/h3-5,7-14,31-32,34,36H,6,15-24H2,1-2H3,(H,37,38)/t31?,32-,34+/m1/s1. The maximum atomic E-state index is 11.3. The zero-order valence-electron chi connectivity index (χ0n) is 25.3. The van der Waals surface area contributed by atoms with E-state index in [0.29, 0.717) is 38.9 Å². The summed E-state index contributed by atoms with van der Waals surface area (Å²) in [5, 5.41) is 6.37. The number of nitrogens with one attached hydrogen (secondary N) is 2. The van der Waals surface area contributed by atoms with E-state index in [1.807, 2.05) is 24.3 Å². The predicted molar refractivity (Wildman–Crippen MR) is 166 cm³/mol. The van der Waals surface area contributed by atoms with Gasteiger partial charge in [0.1, 0.15) is 23.4 Å². The van der Waals surface area contributed by atoms with Crippen LogP contribution in [0, 0.1) is 0 Å². The Labute approximate surface area is 255 Å². The number of carbonyl (C=O) groups excluding carboxylic acids is 1. The topological polar surface area (TPSA) is 87.3 Å². The van der Waals surface area contributed by atoms with Crippen molar-refractivity contribution >= 4 is 5.91 Å². The lowest BCUT2D eigenvalue weighted by molar-refractivity contribution is -0.118. The fraction of sp³-hybridized carbons (Fsp3) is 0.457. The van der Waals surface area contributed by atoms with Gasteiger partial charge < -0.3 is 34.3 Å². The lowest BCUT2D eigenvalue weighted by Crippen LogP contribution is -2.42. The summed E-state index contributed by atoms with van der Waals surface area (Å²) in [5.74, 6) is 2.97. The summed E-state index contributed by atoms with van der Waals surface area (Å²) in [6, 6.07) is 22.6. The summed E-state index contributed by atoms with van der Waals surface area (Å²) < 4.78 is 30.0. The van der Waals surface area contributed by atoms with Crippen molar-refractivity contribution in [1.82, 2.24) is 10.6 Å². The summed E-state index contributed by atoms with van der Waals surface area (Å²) in [5.41, 5.74) is 4.67. The van der Waals surface area contributed by atoms with Crippen molar-refractivity contribution in [2.24, 2.45) is 0 Å². The molecule has 43 heavy (non-hydrogen) atoms. The molecule has 3 aromatic carbocycles. The van der Waals surface area contributed by atoms with Crippen LogP contribution < -0.4 is 24.8 Å². The molecule has 1 saturated heterocycles. The van der Waals surface area contributed by atoms with Gasteiger partial charge in [-0.3, -0.25) is 4.79 Å². The molecule has 0 spiro atoms. The molecule has 2 N–H and O–H groups in total. The molecule has 0 aromatic heterocycles. The van der Waals surface area contributed by atoms with E-state index in [9.17, 15) is 4.79 Å². The number of amides is 1. The van der Waals surface area contributed by atoms with Crippen molar-refractivity contribution in [1.29, 1.82) is 0 Å². The Balaban J connectivity index is 1.05. The smallest absolute Gasteiger partial charge is 0.216 e. The van der Waals surface area contributed by atoms with E-state index in [1.165, 1.54) is 11.1 Å². The second kappa shape index (κ2) is 15.8. The molecule has 8 heteroatoms. The molecular weight excluding hydrogens is 544 g/mol. The van der Waals surface area contributed by atoms with Gasteiger partial charge in [0.15, 0.2) is 0 Å². The molecule has 0 aliphatic carbocycles. The van der Waals surface area contributed by atoms with Crippen molar-refractivity contribution in [2.45, 2.75) is 57.3 Å². The van der Waals surface area contributed by atoms with Gasteiger partial charge in [-0.25, -0.2) is 0 Å². The molecule has 0 bridgehead atoms. The van der Waals surface area contributed by atoms with Crippen LogP contribution in [0.1, 0.15) is 47.9 Å². The Kier molecular flexibility index (Phi) is 11.3. The van der Waals surface area contributed by atoms with Gasteiger partial charge in [0.2, 0.25) is 5.91 Å². The lowest BCUT2D eigenvalue weighted by atomic mass is 9.87. The first-order valence-corrected chi connectivity index (χ1v) is 15.4. The fourth-order valence-electron chi connectivity index (χ4n) is 5.85. The van der Waals surface area contributed by atoms with Crippen molar-refractivity contribution < 1.29 is 28.5 Å². The second-order valence-corrected chi connectivity index (χ2v) is 11.2. The third-order valence-corrected chi connectivity index (χ3v) is 8.06. The van der Waals surface area contributed by atoms with Gasteiger partial charge in [-0.2, -0.15) is 0 Å². The molecule has 1 amide bonds. The highest BCUT2D eigenvalue weighted by Crippen LogP contribution is 2.34. The Bertz CT molecular complexity index is 1310. The number of para-hydroxylation sites is 2. The second-order valence-electron chi connectivity index (χ2n) is 11.2. The minimum absolute atomic E-state index is 0.00558. The van der Waals surface area contributed by atoms with Crippen molar-refractivity contribution in [3.8, 4) is 17.2 Å². The number of fused-ring (bicyclic) bond motifs is 1. The first-order valence-electron chi connectivity index (χ1n) is 15.4. The van der Waals surface area contributed by atoms with Gasteiger partial charge in [-0.1, -0.05) is 48.5 Å². The zero-order chi connectivity index (χ0) is 29.9. The number of carbonyl (C=O) groups is 1. The molecule has 1 fully saturated rings. The van der Waals surface area contributed by atoms with Gasteiger partial charge in [0.05, 0.1) is 39.6 Å². The zero-order valence-corrected chi connectivity index (χ0v) is 25.3. The van der Waals surface area contributed by atoms with Gasteiger partial charge in [0, 0.05) is 44.3 Å². The molecule has 0 radical (unpaired) electrons. The molecular formula is C35H44N2O6. The molecule has 1 unspecified atom stereocenters. The van der Waals surface area contributed by atoms with E-state index in [1.54, 1.807) is 14.0 Å². The number of hydrogen-bond donors (Lipinski definition) is 2. The number of piperidine rings is 1. The molecule has 2 aliphatic rings. The molecule has 0 saturated carbocycles. The first-order chi connectivity index (χ1) is 21.1. The van der Waals surface area contributed by atoms with E-state index in [0.717, 1.165) is 67.1 Å². The fourth-order valence-corrected chi connectivity index (χ4v) is 5.85. The molecule has 8 nitrogen and oxygen atoms in total. The predicted octanol–water partition coefficient (Wildman–Crippen LogP) is 4.83. The van der Waals surface area contributed by atoms with Gasteiger partial charge in [-0.15, -0.1) is 0 Å². The van der Waals surface area contributed by atoms with Crippen LogP contribution in [-0.4, -0.2) is 64.7 Å². The minimum atomic E-state index is -0.0141. The summed E-state index contributed by atoms with van der Waals surface area (Å²) >= 11 is 0. The van der Waals surface area contributed by atoms with Crippen LogP contribution in [0.5, 0.6) is 17.2 Å². The number of benzene rings is 3. The van der Waals surface area contributed by atoms with Gasteiger partial charge in [-0.05, 0) is 54.3 Å². The van der Waals surface area contributed by atoms with Gasteiger partial charge in [0.25, 0.3) is 0 Å². The van der Waals surface area contributed by atoms with Crippen LogP contribution in [0.4, 0.5) is 0 Å². The number of ether oxygens (including phenoxy) is 5. The monoisotopic (exact) mass is 588 g/mol. The van der Waals surface area contributed by atoms with Crippen LogP contribution in [0.3, 0.4) is 0 Å². The normalized spacial score (nSPS) is 19.3. The van der Waals surface area contributed by atoms with Crippen molar-refractivity contribution in [3.05, 3.63) is 89.0 Å². The molecule has 3 aromatic rings. The van der Waals surface area contributed by atoms with Crippen LogP contribution in [0.2, 0.25) is 0 Å². The highest BCUT2D eigenvalue weighted by molar-refractivity contribution is 5.72. The van der Waals surface area contributed by atoms with Crippen LogP contribution >= 0.6 is 0 Å². The molecule has 2 aliphatic heterocycles. The average molecular weight is 589 g/mol. The molecule has 5 rings (SSSR count). The van der Waals surface area contributed by atoms with E-state index >= 15 is 0 Å². The largest absolute Gasteiger partial charge is 0.496 e. The summed E-state index contributed by atoms with van der Waals surface area (Å²) in [4.78, 5) is 11.3. The van der Waals surface area contributed by atoms with Gasteiger partial charge >= 0.3 is 0 Å². The van der Waals surface area contributed by atoms with Crippen molar-refractivity contribution in [2.75, 3.05) is 46.6 Å². The maximum Gasteiger partial charge on any atom is 0.216 e.